The highest BCUT2D eigenvalue weighted by molar-refractivity contribution is 5.93. The first kappa shape index (κ1) is 19.3. The number of ether oxygens (including phenoxy) is 2. The van der Waals surface area contributed by atoms with Crippen LogP contribution in [0.5, 0.6) is 11.5 Å². The molecular formula is C23H26N2O4. The number of carbonyl (C=O) groups is 1. The Balaban J connectivity index is 1.38. The van der Waals surface area contributed by atoms with E-state index in [1.807, 2.05) is 41.3 Å². The van der Waals surface area contributed by atoms with Crippen LogP contribution in [-0.4, -0.2) is 42.9 Å². The number of carbonyl (C=O) groups excluding carboxylic acids is 1. The SMILES string of the molecule is COc1cccc2c1OCCCN(C(=O)[C@@H]1CC(CCc3ccccc3)=NO1)C2. The molecule has 0 radical (unpaired) electrons. The van der Waals surface area contributed by atoms with Gasteiger partial charge in [-0.15, -0.1) is 0 Å². The van der Waals surface area contributed by atoms with E-state index in [9.17, 15) is 4.79 Å². The molecule has 0 aromatic heterocycles. The summed E-state index contributed by atoms with van der Waals surface area (Å²) in [5.41, 5.74) is 3.16. The third-order valence-electron chi connectivity index (χ3n) is 5.32. The molecule has 2 aliphatic heterocycles. The summed E-state index contributed by atoms with van der Waals surface area (Å²) < 4.78 is 11.3. The van der Waals surface area contributed by atoms with Crippen molar-refractivity contribution in [1.29, 1.82) is 0 Å². The molecule has 0 fully saturated rings. The number of methoxy groups -OCH3 is 1. The summed E-state index contributed by atoms with van der Waals surface area (Å²) in [4.78, 5) is 20.5. The van der Waals surface area contributed by atoms with Gasteiger partial charge < -0.3 is 19.2 Å². The lowest BCUT2D eigenvalue weighted by Gasteiger charge is -2.28. The summed E-state index contributed by atoms with van der Waals surface area (Å²) in [5, 5.41) is 4.19. The van der Waals surface area contributed by atoms with Gasteiger partial charge >= 0.3 is 0 Å². The molecule has 0 N–H and O–H groups in total. The second-order valence-corrected chi connectivity index (χ2v) is 7.35. The lowest BCUT2D eigenvalue weighted by atomic mass is 10.0. The number of para-hydroxylation sites is 1. The smallest absolute Gasteiger partial charge is 0.267 e. The molecule has 2 aliphatic rings. The van der Waals surface area contributed by atoms with Gasteiger partial charge in [-0.25, -0.2) is 0 Å². The summed E-state index contributed by atoms with van der Waals surface area (Å²) in [6.45, 7) is 1.65. The number of hydrogen-bond acceptors (Lipinski definition) is 5. The third kappa shape index (κ3) is 4.53. The molecule has 0 bridgehead atoms. The van der Waals surface area contributed by atoms with Gasteiger partial charge in [0.25, 0.3) is 5.91 Å². The Morgan fingerprint density at radius 3 is 2.86 bits per heavy atom. The van der Waals surface area contributed by atoms with Crippen molar-refractivity contribution in [3.8, 4) is 11.5 Å². The van der Waals surface area contributed by atoms with Crippen molar-refractivity contribution in [1.82, 2.24) is 4.90 Å². The van der Waals surface area contributed by atoms with Crippen LogP contribution in [0.25, 0.3) is 0 Å². The van der Waals surface area contributed by atoms with Crippen LogP contribution in [0.1, 0.15) is 30.4 Å². The molecule has 6 nitrogen and oxygen atoms in total. The maximum atomic E-state index is 13.1. The van der Waals surface area contributed by atoms with Gasteiger partial charge in [0.15, 0.2) is 11.5 Å². The van der Waals surface area contributed by atoms with Crippen molar-refractivity contribution in [3.63, 3.8) is 0 Å². The zero-order chi connectivity index (χ0) is 20.1. The minimum atomic E-state index is -0.532. The van der Waals surface area contributed by atoms with Gasteiger partial charge in [0.2, 0.25) is 6.10 Å². The van der Waals surface area contributed by atoms with Crippen LogP contribution >= 0.6 is 0 Å². The number of hydrogen-bond donors (Lipinski definition) is 0. The minimum Gasteiger partial charge on any atom is -0.493 e. The maximum Gasteiger partial charge on any atom is 0.267 e. The molecule has 0 spiro atoms. The number of benzene rings is 2. The van der Waals surface area contributed by atoms with E-state index in [0.717, 1.165) is 36.3 Å². The minimum absolute atomic E-state index is 0.0147. The number of rotatable bonds is 5. The first-order valence-corrected chi connectivity index (χ1v) is 10.1. The second-order valence-electron chi connectivity index (χ2n) is 7.35. The molecule has 2 heterocycles. The average molecular weight is 394 g/mol. The molecule has 6 heteroatoms. The predicted molar refractivity (Wildman–Crippen MR) is 110 cm³/mol. The number of aryl methyl sites for hydroxylation is 1. The molecule has 1 atom stereocenters. The molecule has 0 saturated heterocycles. The molecule has 0 aliphatic carbocycles. The molecular weight excluding hydrogens is 368 g/mol. The van der Waals surface area contributed by atoms with Gasteiger partial charge in [0.05, 0.1) is 19.4 Å². The monoisotopic (exact) mass is 394 g/mol. The third-order valence-corrected chi connectivity index (χ3v) is 5.32. The fourth-order valence-corrected chi connectivity index (χ4v) is 3.76. The first-order valence-electron chi connectivity index (χ1n) is 10.1. The summed E-state index contributed by atoms with van der Waals surface area (Å²) in [5.74, 6) is 1.40. The van der Waals surface area contributed by atoms with Gasteiger partial charge in [0.1, 0.15) is 0 Å². The van der Waals surface area contributed by atoms with Gasteiger partial charge in [-0.2, -0.15) is 0 Å². The van der Waals surface area contributed by atoms with E-state index < -0.39 is 6.10 Å². The first-order chi connectivity index (χ1) is 14.2. The van der Waals surface area contributed by atoms with Gasteiger partial charge in [-0.1, -0.05) is 47.6 Å². The van der Waals surface area contributed by atoms with E-state index >= 15 is 0 Å². The van der Waals surface area contributed by atoms with E-state index in [0.29, 0.717) is 31.9 Å². The average Bonchev–Trinajstić information content (AvgIpc) is 3.22. The number of fused-ring (bicyclic) bond motifs is 1. The molecule has 2 aromatic carbocycles. The predicted octanol–water partition coefficient (Wildman–Crippen LogP) is 3.58. The lowest BCUT2D eigenvalue weighted by Crippen LogP contribution is -2.40. The molecule has 4 rings (SSSR count). The van der Waals surface area contributed by atoms with Crippen LogP contribution in [0.4, 0.5) is 0 Å². The van der Waals surface area contributed by atoms with E-state index in [4.69, 9.17) is 14.3 Å². The van der Waals surface area contributed by atoms with Gasteiger partial charge in [-0.05, 0) is 30.9 Å². The van der Waals surface area contributed by atoms with Crippen molar-refractivity contribution in [2.45, 2.75) is 38.3 Å². The van der Waals surface area contributed by atoms with Crippen LogP contribution in [0.2, 0.25) is 0 Å². The quantitative estimate of drug-likeness (QED) is 0.778. The summed E-state index contributed by atoms with van der Waals surface area (Å²) >= 11 is 0. The van der Waals surface area contributed by atoms with Gasteiger partial charge in [-0.3, -0.25) is 4.79 Å². The molecule has 2 aromatic rings. The maximum absolute atomic E-state index is 13.1. The fraction of sp³-hybridized carbons (Fsp3) is 0.391. The summed E-state index contributed by atoms with van der Waals surface area (Å²) in [6.07, 6.45) is 2.50. The highest BCUT2D eigenvalue weighted by Crippen LogP contribution is 2.33. The summed E-state index contributed by atoms with van der Waals surface area (Å²) in [7, 11) is 1.63. The topological polar surface area (TPSA) is 60.4 Å². The van der Waals surface area contributed by atoms with E-state index in [1.165, 1.54) is 5.56 Å². The molecule has 29 heavy (non-hydrogen) atoms. The molecule has 1 amide bonds. The second kappa shape index (κ2) is 8.99. The normalized spacial score (nSPS) is 18.6. The van der Waals surface area contributed by atoms with Crippen LogP contribution in [-0.2, 0) is 22.6 Å². The van der Waals surface area contributed by atoms with Crippen LogP contribution < -0.4 is 9.47 Å². The Morgan fingerprint density at radius 1 is 1.17 bits per heavy atom. The fourth-order valence-electron chi connectivity index (χ4n) is 3.76. The number of amides is 1. The van der Waals surface area contributed by atoms with E-state index in [2.05, 4.69) is 17.3 Å². The Bertz CT molecular complexity index is 882. The zero-order valence-corrected chi connectivity index (χ0v) is 16.7. The highest BCUT2D eigenvalue weighted by atomic mass is 16.6. The lowest BCUT2D eigenvalue weighted by molar-refractivity contribution is -0.143. The van der Waals surface area contributed by atoms with Crippen molar-refractivity contribution < 1.29 is 19.1 Å². The Labute approximate surface area is 171 Å². The zero-order valence-electron chi connectivity index (χ0n) is 16.7. The van der Waals surface area contributed by atoms with Crippen LogP contribution in [0.3, 0.4) is 0 Å². The summed E-state index contributed by atoms with van der Waals surface area (Å²) in [6, 6.07) is 16.1. The molecule has 0 saturated carbocycles. The van der Waals surface area contributed by atoms with E-state index in [-0.39, 0.29) is 5.91 Å². The van der Waals surface area contributed by atoms with Crippen LogP contribution in [0, 0.1) is 0 Å². The van der Waals surface area contributed by atoms with Crippen molar-refractivity contribution >= 4 is 11.6 Å². The largest absolute Gasteiger partial charge is 0.493 e. The Kier molecular flexibility index (Phi) is 5.98. The standard InChI is InChI=1S/C23H26N2O4/c1-27-20-10-5-9-18-16-25(13-6-14-28-22(18)20)23(26)21-15-19(24-29-21)12-11-17-7-3-2-4-8-17/h2-5,7-10,21H,6,11-16H2,1H3/t21-/m0/s1. The van der Waals surface area contributed by atoms with Crippen molar-refractivity contribution in [3.05, 3.63) is 59.7 Å². The molecule has 152 valence electrons. The highest BCUT2D eigenvalue weighted by Gasteiger charge is 2.32. The van der Waals surface area contributed by atoms with Crippen LogP contribution in [0.15, 0.2) is 53.7 Å². The number of oxime groups is 1. The van der Waals surface area contributed by atoms with Crippen molar-refractivity contribution in [2.24, 2.45) is 5.16 Å². The van der Waals surface area contributed by atoms with E-state index in [1.54, 1.807) is 7.11 Å². The Morgan fingerprint density at radius 2 is 2.03 bits per heavy atom. The molecule has 0 unspecified atom stereocenters. The number of nitrogens with zero attached hydrogens (tertiary/aromatic N) is 2. The van der Waals surface area contributed by atoms with Gasteiger partial charge in [0, 0.05) is 25.1 Å². The van der Waals surface area contributed by atoms with Crippen molar-refractivity contribution in [2.75, 3.05) is 20.3 Å². The Hall–Kier alpha value is -3.02.